The molecule has 3 amide bonds. The fraction of sp³-hybridized carbons (Fsp3) is 0.769. The van der Waals surface area contributed by atoms with Gasteiger partial charge in [-0.3, -0.25) is 14.4 Å². The molecule has 0 unspecified atom stereocenters. The highest BCUT2D eigenvalue weighted by Gasteiger charge is 2.27. The molecule has 0 aromatic rings. The Morgan fingerprint density at radius 1 is 1.30 bits per heavy atom. The Morgan fingerprint density at radius 2 is 1.95 bits per heavy atom. The maximum absolute atomic E-state index is 12.0. The molecule has 0 radical (unpaired) electrons. The van der Waals surface area contributed by atoms with Gasteiger partial charge in [-0.1, -0.05) is 0 Å². The van der Waals surface area contributed by atoms with Crippen LogP contribution < -0.4 is 10.6 Å². The van der Waals surface area contributed by atoms with Crippen LogP contribution in [0.4, 0.5) is 0 Å². The maximum atomic E-state index is 12.0. The van der Waals surface area contributed by atoms with Crippen LogP contribution in [0, 0.1) is 0 Å². The molecule has 0 spiro atoms. The van der Waals surface area contributed by atoms with Gasteiger partial charge in [-0.05, 0) is 39.4 Å². The van der Waals surface area contributed by atoms with Gasteiger partial charge in [0.25, 0.3) is 0 Å². The second-order valence-electron chi connectivity index (χ2n) is 5.13. The van der Waals surface area contributed by atoms with E-state index in [0.29, 0.717) is 25.9 Å². The van der Waals surface area contributed by atoms with Crippen molar-refractivity contribution in [3.05, 3.63) is 0 Å². The van der Waals surface area contributed by atoms with Crippen LogP contribution in [-0.4, -0.2) is 74.3 Å². The Hall–Kier alpha value is -1.63. The van der Waals surface area contributed by atoms with E-state index in [4.69, 9.17) is 0 Å². The first kappa shape index (κ1) is 16.4. The molecule has 0 aliphatic carbocycles. The number of carbonyl (C=O) groups excluding carboxylic acids is 3. The van der Waals surface area contributed by atoms with E-state index in [1.54, 1.807) is 11.9 Å². The van der Waals surface area contributed by atoms with Crippen LogP contribution in [0.1, 0.15) is 19.3 Å². The highest BCUT2D eigenvalue weighted by Crippen LogP contribution is 2.14. The first-order valence-electron chi connectivity index (χ1n) is 6.96. The number of carbonyl (C=O) groups is 3. The predicted octanol–water partition coefficient (Wildman–Crippen LogP) is -1.21. The molecule has 0 saturated carbocycles. The lowest BCUT2D eigenvalue weighted by Crippen LogP contribution is -2.49. The molecular weight excluding hydrogens is 260 g/mol. The van der Waals surface area contributed by atoms with Crippen molar-refractivity contribution in [1.82, 2.24) is 20.4 Å². The Bertz CT molecular complexity index is 341. The van der Waals surface area contributed by atoms with Gasteiger partial charge >= 0.3 is 11.8 Å². The molecule has 0 aromatic carbocycles. The molecule has 7 nitrogen and oxygen atoms in total. The minimum absolute atomic E-state index is 0.140. The number of rotatable bonds is 6. The fourth-order valence-electron chi connectivity index (χ4n) is 2.24. The van der Waals surface area contributed by atoms with Gasteiger partial charge in [-0.2, -0.15) is 0 Å². The third kappa shape index (κ3) is 5.16. The van der Waals surface area contributed by atoms with Crippen LogP contribution in [-0.2, 0) is 14.4 Å². The zero-order valence-electron chi connectivity index (χ0n) is 12.2. The SMILES string of the molecule is CN1CCC(N(C)C(=O)C(=O)NCCCNC=O)CC1. The summed E-state index contributed by atoms with van der Waals surface area (Å²) in [7, 11) is 3.74. The number of likely N-dealkylation sites (N-methyl/N-ethyl adjacent to an activating group) is 1. The number of hydrogen-bond acceptors (Lipinski definition) is 4. The molecule has 0 bridgehead atoms. The molecule has 0 aromatic heterocycles. The van der Waals surface area contributed by atoms with E-state index in [-0.39, 0.29) is 6.04 Å². The summed E-state index contributed by atoms with van der Waals surface area (Å²) in [4.78, 5) is 37.5. The van der Waals surface area contributed by atoms with Gasteiger partial charge in [0.05, 0.1) is 0 Å². The maximum Gasteiger partial charge on any atom is 0.311 e. The summed E-state index contributed by atoms with van der Waals surface area (Å²) in [6.45, 7) is 2.76. The summed E-state index contributed by atoms with van der Waals surface area (Å²) in [5.41, 5.74) is 0. The first-order valence-corrected chi connectivity index (χ1v) is 6.96. The molecule has 1 saturated heterocycles. The van der Waals surface area contributed by atoms with Gasteiger partial charge < -0.3 is 20.4 Å². The van der Waals surface area contributed by atoms with Gasteiger partial charge in [-0.25, -0.2) is 0 Å². The Labute approximate surface area is 119 Å². The topological polar surface area (TPSA) is 81.8 Å². The van der Waals surface area contributed by atoms with E-state index in [2.05, 4.69) is 22.6 Å². The Morgan fingerprint density at radius 3 is 2.55 bits per heavy atom. The minimum Gasteiger partial charge on any atom is -0.359 e. The monoisotopic (exact) mass is 284 g/mol. The number of hydrogen-bond donors (Lipinski definition) is 2. The van der Waals surface area contributed by atoms with Crippen LogP contribution in [0.5, 0.6) is 0 Å². The molecule has 1 aliphatic heterocycles. The van der Waals surface area contributed by atoms with E-state index in [9.17, 15) is 14.4 Å². The van der Waals surface area contributed by atoms with Crippen molar-refractivity contribution in [3.63, 3.8) is 0 Å². The lowest BCUT2D eigenvalue weighted by Gasteiger charge is -2.34. The summed E-state index contributed by atoms with van der Waals surface area (Å²) in [6, 6.07) is 0.140. The van der Waals surface area contributed by atoms with Crippen molar-refractivity contribution in [2.24, 2.45) is 0 Å². The van der Waals surface area contributed by atoms with Crippen LogP contribution in [0.25, 0.3) is 0 Å². The van der Waals surface area contributed by atoms with Crippen molar-refractivity contribution in [2.45, 2.75) is 25.3 Å². The average molecular weight is 284 g/mol. The quantitative estimate of drug-likeness (QED) is 0.364. The van der Waals surface area contributed by atoms with Gasteiger partial charge in [-0.15, -0.1) is 0 Å². The highest BCUT2D eigenvalue weighted by atomic mass is 16.2. The lowest BCUT2D eigenvalue weighted by atomic mass is 10.0. The third-order valence-corrected chi connectivity index (χ3v) is 3.62. The molecule has 1 aliphatic rings. The van der Waals surface area contributed by atoms with Gasteiger partial charge in [0.15, 0.2) is 0 Å². The standard InChI is InChI=1S/C13H24N4O3/c1-16-8-4-11(5-9-16)17(2)13(20)12(19)15-7-3-6-14-10-18/h10-11H,3-9H2,1-2H3,(H,14,18)(H,15,19). The van der Waals surface area contributed by atoms with Crippen LogP contribution in [0.3, 0.4) is 0 Å². The molecule has 7 heteroatoms. The number of piperidine rings is 1. The van der Waals surface area contributed by atoms with Crippen LogP contribution in [0.15, 0.2) is 0 Å². The van der Waals surface area contributed by atoms with Crippen molar-refractivity contribution >= 4 is 18.2 Å². The summed E-state index contributed by atoms with van der Waals surface area (Å²) in [6.07, 6.45) is 3.01. The van der Waals surface area contributed by atoms with Crippen molar-refractivity contribution in [1.29, 1.82) is 0 Å². The van der Waals surface area contributed by atoms with E-state index in [1.807, 2.05) is 0 Å². The average Bonchev–Trinajstić information content (AvgIpc) is 2.46. The van der Waals surface area contributed by atoms with Crippen molar-refractivity contribution < 1.29 is 14.4 Å². The summed E-state index contributed by atoms with van der Waals surface area (Å²) in [5.74, 6) is -1.06. The minimum atomic E-state index is -0.572. The zero-order valence-corrected chi connectivity index (χ0v) is 12.2. The molecule has 1 fully saturated rings. The predicted molar refractivity (Wildman–Crippen MR) is 75.0 cm³/mol. The highest BCUT2D eigenvalue weighted by molar-refractivity contribution is 6.35. The van der Waals surface area contributed by atoms with E-state index >= 15 is 0 Å². The summed E-state index contributed by atoms with van der Waals surface area (Å²) < 4.78 is 0. The number of nitrogens with one attached hydrogen (secondary N) is 2. The van der Waals surface area contributed by atoms with Gasteiger partial charge in [0, 0.05) is 26.2 Å². The molecule has 20 heavy (non-hydrogen) atoms. The normalized spacial score (nSPS) is 16.5. The van der Waals surface area contributed by atoms with Gasteiger partial charge in [0.2, 0.25) is 6.41 Å². The van der Waals surface area contributed by atoms with Crippen molar-refractivity contribution in [2.75, 3.05) is 40.3 Å². The fourth-order valence-corrected chi connectivity index (χ4v) is 2.24. The largest absolute Gasteiger partial charge is 0.359 e. The molecule has 2 N–H and O–H groups in total. The summed E-state index contributed by atoms with van der Waals surface area (Å²) in [5, 5.41) is 5.07. The number of nitrogens with zero attached hydrogens (tertiary/aromatic N) is 2. The van der Waals surface area contributed by atoms with E-state index in [0.717, 1.165) is 25.9 Å². The molecule has 114 valence electrons. The Balaban J connectivity index is 2.28. The first-order chi connectivity index (χ1) is 9.56. The Kier molecular flexibility index (Phi) is 7.00. The number of amides is 3. The summed E-state index contributed by atoms with van der Waals surface area (Å²) >= 11 is 0. The van der Waals surface area contributed by atoms with Gasteiger partial charge in [0.1, 0.15) is 0 Å². The van der Waals surface area contributed by atoms with E-state index in [1.165, 1.54) is 0 Å². The molecule has 0 atom stereocenters. The van der Waals surface area contributed by atoms with Crippen LogP contribution in [0.2, 0.25) is 0 Å². The third-order valence-electron chi connectivity index (χ3n) is 3.62. The molecule has 1 heterocycles. The van der Waals surface area contributed by atoms with Crippen LogP contribution >= 0.6 is 0 Å². The smallest absolute Gasteiger partial charge is 0.311 e. The van der Waals surface area contributed by atoms with E-state index < -0.39 is 11.8 Å². The molecule has 1 rings (SSSR count). The number of likely N-dealkylation sites (tertiary alicyclic amines) is 1. The second kappa shape index (κ2) is 8.52. The molecular formula is C13H24N4O3. The lowest BCUT2D eigenvalue weighted by molar-refractivity contribution is -0.146. The zero-order chi connectivity index (χ0) is 15.0. The van der Waals surface area contributed by atoms with Crippen molar-refractivity contribution in [3.8, 4) is 0 Å². The second-order valence-corrected chi connectivity index (χ2v) is 5.13.